The van der Waals surface area contributed by atoms with E-state index in [4.69, 9.17) is 9.84 Å². The quantitative estimate of drug-likeness (QED) is 0.683. The summed E-state index contributed by atoms with van der Waals surface area (Å²) in [6, 6.07) is 5.98. The second-order valence-electron chi connectivity index (χ2n) is 5.07. The summed E-state index contributed by atoms with van der Waals surface area (Å²) < 4.78 is 5.08. The number of rotatable bonds is 6. The zero-order valence-corrected chi connectivity index (χ0v) is 12.7. The lowest BCUT2D eigenvalue weighted by molar-refractivity contribution is -0.139. The Morgan fingerprint density at radius 2 is 2.04 bits per heavy atom. The Bertz CT molecular complexity index is 587. The molecule has 2 rings (SSSR count). The molecule has 1 heterocycles. The lowest BCUT2D eigenvalue weighted by Gasteiger charge is -2.27. The molecule has 1 atom stereocenters. The van der Waals surface area contributed by atoms with Crippen molar-refractivity contribution in [3.05, 3.63) is 24.3 Å². The maximum atomic E-state index is 12.0. The number of hydrogen-bond donors (Lipinski definition) is 3. The van der Waals surface area contributed by atoms with Crippen molar-refractivity contribution in [2.45, 2.75) is 12.5 Å². The number of benzene rings is 1. The molecule has 1 aromatic rings. The summed E-state index contributed by atoms with van der Waals surface area (Å²) in [7, 11) is 1.53. The largest absolute Gasteiger partial charge is 0.481 e. The fourth-order valence-electron chi connectivity index (χ4n) is 2.25. The first kappa shape index (κ1) is 16.9. The lowest BCUT2D eigenvalue weighted by Crippen LogP contribution is -2.41. The second kappa shape index (κ2) is 7.70. The van der Waals surface area contributed by atoms with Gasteiger partial charge in [0, 0.05) is 17.9 Å². The standard InChI is InChI=1S/C15H19N3O5/c1-16-12(8-14(20)21)15(22)17-10-2-4-11(5-3-10)18-6-7-23-9-13(18)19/h2-5,12,16H,6-9H2,1H3,(H,17,22)(H,20,21). The molecule has 3 N–H and O–H groups in total. The molecule has 0 radical (unpaired) electrons. The predicted octanol–water partition coefficient (Wildman–Crippen LogP) is 0.0510. The Kier molecular flexibility index (Phi) is 5.67. The number of morpholine rings is 1. The van der Waals surface area contributed by atoms with Crippen LogP contribution in [0, 0.1) is 0 Å². The summed E-state index contributed by atoms with van der Waals surface area (Å²) in [5, 5.41) is 14.1. The van der Waals surface area contributed by atoms with E-state index in [-0.39, 0.29) is 18.9 Å². The van der Waals surface area contributed by atoms with Crippen LogP contribution in [0.5, 0.6) is 0 Å². The van der Waals surface area contributed by atoms with E-state index in [1.54, 1.807) is 29.2 Å². The number of nitrogens with zero attached hydrogens (tertiary/aromatic N) is 1. The minimum absolute atomic E-state index is 0.0670. The van der Waals surface area contributed by atoms with Gasteiger partial charge in [0.15, 0.2) is 0 Å². The molecular weight excluding hydrogens is 302 g/mol. The zero-order chi connectivity index (χ0) is 16.8. The number of carboxylic acid groups (broad SMARTS) is 1. The van der Waals surface area contributed by atoms with Crippen molar-refractivity contribution in [1.29, 1.82) is 0 Å². The van der Waals surface area contributed by atoms with Crippen molar-refractivity contribution in [2.24, 2.45) is 0 Å². The first-order valence-corrected chi connectivity index (χ1v) is 7.19. The van der Waals surface area contributed by atoms with Crippen molar-refractivity contribution >= 4 is 29.2 Å². The fourth-order valence-corrected chi connectivity index (χ4v) is 2.25. The third-order valence-corrected chi connectivity index (χ3v) is 3.48. The van der Waals surface area contributed by atoms with Gasteiger partial charge in [0.25, 0.3) is 5.91 Å². The summed E-state index contributed by atoms with van der Waals surface area (Å²) >= 11 is 0. The van der Waals surface area contributed by atoms with Gasteiger partial charge in [0.2, 0.25) is 5.91 Å². The van der Waals surface area contributed by atoms with E-state index in [1.807, 2.05) is 0 Å². The van der Waals surface area contributed by atoms with Crippen LogP contribution in [-0.4, -0.2) is 55.7 Å². The number of anilines is 2. The molecule has 8 nitrogen and oxygen atoms in total. The maximum absolute atomic E-state index is 12.0. The highest BCUT2D eigenvalue weighted by Gasteiger charge is 2.21. The number of carboxylic acids is 1. The number of carbonyl (C=O) groups is 3. The van der Waals surface area contributed by atoms with Gasteiger partial charge in [-0.15, -0.1) is 0 Å². The highest BCUT2D eigenvalue weighted by atomic mass is 16.5. The minimum Gasteiger partial charge on any atom is -0.481 e. The Labute approximate surface area is 133 Å². The molecule has 1 unspecified atom stereocenters. The maximum Gasteiger partial charge on any atom is 0.305 e. The molecule has 0 aliphatic carbocycles. The van der Waals surface area contributed by atoms with Crippen molar-refractivity contribution < 1.29 is 24.2 Å². The molecule has 23 heavy (non-hydrogen) atoms. The number of likely N-dealkylation sites (N-methyl/N-ethyl adjacent to an activating group) is 1. The molecule has 2 amide bonds. The highest BCUT2D eigenvalue weighted by Crippen LogP contribution is 2.19. The first-order chi connectivity index (χ1) is 11.0. The van der Waals surface area contributed by atoms with Gasteiger partial charge in [-0.3, -0.25) is 14.4 Å². The molecule has 1 saturated heterocycles. The SMILES string of the molecule is CNC(CC(=O)O)C(=O)Nc1ccc(N2CCOCC2=O)cc1. The van der Waals surface area contributed by atoms with Crippen LogP contribution in [0.3, 0.4) is 0 Å². The van der Waals surface area contributed by atoms with Crippen molar-refractivity contribution in [3.8, 4) is 0 Å². The molecule has 0 aromatic heterocycles. The van der Waals surface area contributed by atoms with Crippen molar-refractivity contribution in [2.75, 3.05) is 37.0 Å². The van der Waals surface area contributed by atoms with Crippen molar-refractivity contribution in [1.82, 2.24) is 5.32 Å². The molecule has 1 fully saturated rings. The number of aliphatic carboxylic acids is 1. The Morgan fingerprint density at radius 1 is 1.35 bits per heavy atom. The van der Waals surface area contributed by atoms with E-state index in [0.29, 0.717) is 18.8 Å². The van der Waals surface area contributed by atoms with E-state index >= 15 is 0 Å². The van der Waals surface area contributed by atoms with Crippen molar-refractivity contribution in [3.63, 3.8) is 0 Å². The van der Waals surface area contributed by atoms with E-state index in [9.17, 15) is 14.4 Å². The number of hydrogen-bond acceptors (Lipinski definition) is 5. The van der Waals surface area contributed by atoms with Gasteiger partial charge < -0.3 is 25.4 Å². The fraction of sp³-hybridized carbons (Fsp3) is 0.400. The monoisotopic (exact) mass is 321 g/mol. The highest BCUT2D eigenvalue weighted by molar-refractivity contribution is 5.98. The van der Waals surface area contributed by atoms with Gasteiger partial charge in [0.05, 0.1) is 19.1 Å². The first-order valence-electron chi connectivity index (χ1n) is 7.19. The van der Waals surface area contributed by atoms with Gasteiger partial charge >= 0.3 is 5.97 Å². The molecule has 0 bridgehead atoms. The second-order valence-corrected chi connectivity index (χ2v) is 5.07. The van der Waals surface area contributed by atoms with Gasteiger partial charge in [-0.2, -0.15) is 0 Å². The van der Waals surface area contributed by atoms with E-state index in [0.717, 1.165) is 5.69 Å². The average molecular weight is 321 g/mol. The molecule has 0 saturated carbocycles. The smallest absolute Gasteiger partial charge is 0.305 e. The summed E-state index contributed by atoms with van der Waals surface area (Å²) in [6.45, 7) is 1.05. The third kappa shape index (κ3) is 4.51. The number of carbonyl (C=O) groups excluding carboxylic acids is 2. The average Bonchev–Trinajstić information content (AvgIpc) is 2.53. The summed E-state index contributed by atoms with van der Waals surface area (Å²) in [5.74, 6) is -1.59. The number of nitrogens with one attached hydrogen (secondary N) is 2. The van der Waals surface area contributed by atoms with E-state index in [2.05, 4.69) is 10.6 Å². The third-order valence-electron chi connectivity index (χ3n) is 3.48. The Morgan fingerprint density at radius 3 is 2.61 bits per heavy atom. The van der Waals surface area contributed by atoms with E-state index < -0.39 is 17.9 Å². The van der Waals surface area contributed by atoms with Crippen LogP contribution in [0.1, 0.15) is 6.42 Å². The summed E-state index contributed by atoms with van der Waals surface area (Å²) in [5.41, 5.74) is 1.26. The van der Waals surface area contributed by atoms with Crippen LogP contribution in [0.15, 0.2) is 24.3 Å². The Hall–Kier alpha value is -2.45. The van der Waals surface area contributed by atoms with Crippen LogP contribution < -0.4 is 15.5 Å². The molecule has 1 aliphatic rings. The van der Waals surface area contributed by atoms with Gasteiger partial charge in [-0.25, -0.2) is 0 Å². The number of amides is 2. The molecular formula is C15H19N3O5. The van der Waals surface area contributed by atoms with Gasteiger partial charge in [-0.05, 0) is 31.3 Å². The Balaban J connectivity index is 2.00. The molecule has 1 aromatic carbocycles. The minimum atomic E-state index is -1.05. The van der Waals surface area contributed by atoms with Crippen LogP contribution in [0.2, 0.25) is 0 Å². The summed E-state index contributed by atoms with van der Waals surface area (Å²) in [4.78, 5) is 36.1. The number of ether oxygens (including phenoxy) is 1. The van der Waals surface area contributed by atoms with E-state index in [1.165, 1.54) is 7.05 Å². The molecule has 124 valence electrons. The van der Waals surface area contributed by atoms with Crippen LogP contribution in [-0.2, 0) is 19.1 Å². The normalized spacial score (nSPS) is 16.0. The van der Waals surface area contributed by atoms with Crippen LogP contribution >= 0.6 is 0 Å². The topological polar surface area (TPSA) is 108 Å². The van der Waals surface area contributed by atoms with Gasteiger partial charge in [-0.1, -0.05) is 0 Å². The molecule has 8 heteroatoms. The summed E-state index contributed by atoms with van der Waals surface area (Å²) in [6.07, 6.45) is -0.303. The zero-order valence-electron chi connectivity index (χ0n) is 12.7. The van der Waals surface area contributed by atoms with Crippen LogP contribution in [0.4, 0.5) is 11.4 Å². The lowest BCUT2D eigenvalue weighted by atomic mass is 10.2. The molecule has 0 spiro atoms. The van der Waals surface area contributed by atoms with Crippen LogP contribution in [0.25, 0.3) is 0 Å². The predicted molar refractivity (Wildman–Crippen MR) is 83.3 cm³/mol. The van der Waals surface area contributed by atoms with Gasteiger partial charge in [0.1, 0.15) is 6.61 Å². The molecule has 1 aliphatic heterocycles.